The highest BCUT2D eigenvalue weighted by Gasteiger charge is 2.33. The van der Waals surface area contributed by atoms with E-state index in [1.54, 1.807) is 42.5 Å². The molecule has 1 heterocycles. The Hall–Kier alpha value is -3.04. The fourth-order valence-electron chi connectivity index (χ4n) is 3.56. The van der Waals surface area contributed by atoms with Crippen molar-refractivity contribution in [3.63, 3.8) is 0 Å². The summed E-state index contributed by atoms with van der Waals surface area (Å²) in [7, 11) is -3.54. The molecule has 0 amide bonds. The zero-order chi connectivity index (χ0) is 24.9. The minimum absolute atomic E-state index is 0.0626. The lowest BCUT2D eigenvalue weighted by molar-refractivity contribution is -0.141. The molecular weight excluding hydrogens is 465 g/mol. The first-order valence-corrected chi connectivity index (χ1v) is 12.4. The first-order chi connectivity index (χ1) is 15.9. The standard InChI is InChI=1S/C25H25F3N2O3S/c1-17-3-2-4-21(15-17)24-20(10-12-23(30-24)25(26,27)28)9-11-22(31)16-19-7-5-18(6-8-19)13-14-34(29,32)33/h2-8,10,12,15H,9,11,13-14,16H2,1H3,(H2,29,32,33). The molecular formula is C25H25F3N2O3S. The Morgan fingerprint density at radius 2 is 1.65 bits per heavy atom. The fraction of sp³-hybridized carbons (Fsp3) is 0.280. The van der Waals surface area contributed by atoms with Gasteiger partial charge in [-0.25, -0.2) is 18.5 Å². The number of rotatable bonds is 9. The number of Topliss-reactive ketones (excluding diaryl/α,β-unsaturated/α-hetero) is 1. The zero-order valence-corrected chi connectivity index (χ0v) is 19.4. The lowest BCUT2D eigenvalue weighted by atomic mass is 9.97. The second kappa shape index (κ2) is 10.5. The van der Waals surface area contributed by atoms with Gasteiger partial charge in [0.1, 0.15) is 11.5 Å². The van der Waals surface area contributed by atoms with Gasteiger partial charge in [-0.05, 0) is 48.6 Å². The van der Waals surface area contributed by atoms with Crippen LogP contribution >= 0.6 is 0 Å². The van der Waals surface area contributed by atoms with Gasteiger partial charge in [-0.1, -0.05) is 54.1 Å². The lowest BCUT2D eigenvalue weighted by Crippen LogP contribution is -2.17. The Morgan fingerprint density at radius 3 is 2.26 bits per heavy atom. The van der Waals surface area contributed by atoms with Crippen LogP contribution < -0.4 is 5.14 Å². The van der Waals surface area contributed by atoms with Crippen LogP contribution in [0.5, 0.6) is 0 Å². The second-order valence-electron chi connectivity index (χ2n) is 8.22. The molecule has 1 aromatic heterocycles. The van der Waals surface area contributed by atoms with Crippen molar-refractivity contribution in [2.24, 2.45) is 5.14 Å². The summed E-state index contributed by atoms with van der Waals surface area (Å²) in [5.74, 6) is -0.220. The van der Waals surface area contributed by atoms with Crippen LogP contribution in [-0.4, -0.2) is 24.9 Å². The molecule has 0 fully saturated rings. The predicted molar refractivity (Wildman–Crippen MR) is 125 cm³/mol. The van der Waals surface area contributed by atoms with E-state index in [0.717, 1.165) is 22.8 Å². The molecule has 0 aliphatic heterocycles. The summed E-state index contributed by atoms with van der Waals surface area (Å²) in [5.41, 5.74) is 2.87. The summed E-state index contributed by atoms with van der Waals surface area (Å²) in [6.45, 7) is 1.85. The minimum Gasteiger partial charge on any atom is -0.299 e. The van der Waals surface area contributed by atoms with E-state index in [1.165, 1.54) is 6.07 Å². The van der Waals surface area contributed by atoms with Crippen LogP contribution in [0.1, 0.15) is 34.4 Å². The molecule has 2 aromatic carbocycles. The zero-order valence-electron chi connectivity index (χ0n) is 18.6. The molecule has 3 rings (SSSR count). The molecule has 3 aromatic rings. The summed E-state index contributed by atoms with van der Waals surface area (Å²) in [4.78, 5) is 16.4. The molecule has 180 valence electrons. The number of benzene rings is 2. The van der Waals surface area contributed by atoms with Crippen LogP contribution in [-0.2, 0) is 40.3 Å². The average molecular weight is 491 g/mol. The summed E-state index contributed by atoms with van der Waals surface area (Å²) in [5, 5.41) is 5.01. The van der Waals surface area contributed by atoms with E-state index in [9.17, 15) is 26.4 Å². The highest BCUT2D eigenvalue weighted by molar-refractivity contribution is 7.89. The number of ketones is 1. The fourth-order valence-corrected chi connectivity index (χ4v) is 4.08. The number of nitrogens with zero attached hydrogens (tertiary/aromatic N) is 1. The van der Waals surface area contributed by atoms with Gasteiger partial charge in [0.25, 0.3) is 0 Å². The number of halogens is 3. The molecule has 34 heavy (non-hydrogen) atoms. The molecule has 0 bridgehead atoms. The molecule has 0 aliphatic carbocycles. The number of nitrogens with two attached hydrogens (primary N) is 1. The minimum atomic E-state index is -4.56. The second-order valence-corrected chi connectivity index (χ2v) is 9.95. The summed E-state index contributed by atoms with van der Waals surface area (Å²) in [6.07, 6.45) is -3.69. The van der Waals surface area contributed by atoms with Crippen molar-refractivity contribution < 1.29 is 26.4 Å². The molecule has 0 atom stereocenters. The average Bonchev–Trinajstić information content (AvgIpc) is 2.76. The van der Waals surface area contributed by atoms with Crippen molar-refractivity contribution in [1.29, 1.82) is 0 Å². The third-order valence-corrected chi connectivity index (χ3v) is 6.11. The number of aryl methyl sites for hydroxylation is 3. The van der Waals surface area contributed by atoms with Gasteiger partial charge in [0.2, 0.25) is 10.0 Å². The lowest BCUT2D eigenvalue weighted by Gasteiger charge is -2.13. The Bertz CT molecular complexity index is 1270. The maximum absolute atomic E-state index is 13.2. The number of hydrogen-bond acceptors (Lipinski definition) is 4. The molecule has 0 unspecified atom stereocenters. The van der Waals surface area contributed by atoms with E-state index in [1.807, 2.05) is 13.0 Å². The van der Waals surface area contributed by atoms with Crippen LogP contribution in [0.15, 0.2) is 60.7 Å². The normalized spacial score (nSPS) is 12.0. The number of aromatic nitrogens is 1. The number of sulfonamides is 1. The van der Waals surface area contributed by atoms with Crippen molar-refractivity contribution >= 4 is 15.8 Å². The van der Waals surface area contributed by atoms with E-state index in [2.05, 4.69) is 4.98 Å². The first kappa shape index (κ1) is 25.6. The number of pyridine rings is 1. The molecule has 5 nitrogen and oxygen atoms in total. The maximum atomic E-state index is 13.2. The number of hydrogen-bond donors (Lipinski definition) is 1. The van der Waals surface area contributed by atoms with Crippen LogP contribution in [0.4, 0.5) is 13.2 Å². The summed E-state index contributed by atoms with van der Waals surface area (Å²) in [6, 6.07) is 16.4. The van der Waals surface area contributed by atoms with Gasteiger partial charge in [-0.3, -0.25) is 4.79 Å². The van der Waals surface area contributed by atoms with Gasteiger partial charge >= 0.3 is 6.18 Å². The van der Waals surface area contributed by atoms with Gasteiger partial charge < -0.3 is 0 Å². The van der Waals surface area contributed by atoms with Gasteiger partial charge in [0.15, 0.2) is 0 Å². The van der Waals surface area contributed by atoms with Crippen molar-refractivity contribution in [2.45, 2.75) is 38.8 Å². The molecule has 0 saturated heterocycles. The topological polar surface area (TPSA) is 90.1 Å². The van der Waals surface area contributed by atoms with Gasteiger partial charge in [0, 0.05) is 18.4 Å². The van der Waals surface area contributed by atoms with Crippen LogP contribution in [0.25, 0.3) is 11.3 Å². The number of alkyl halides is 3. The Morgan fingerprint density at radius 1 is 0.971 bits per heavy atom. The van der Waals surface area contributed by atoms with E-state index in [0.29, 0.717) is 11.1 Å². The molecule has 0 saturated carbocycles. The largest absolute Gasteiger partial charge is 0.433 e. The van der Waals surface area contributed by atoms with E-state index >= 15 is 0 Å². The summed E-state index contributed by atoms with van der Waals surface area (Å²) < 4.78 is 61.9. The van der Waals surface area contributed by atoms with E-state index in [-0.39, 0.29) is 42.9 Å². The van der Waals surface area contributed by atoms with Crippen LogP contribution in [0.3, 0.4) is 0 Å². The third-order valence-electron chi connectivity index (χ3n) is 5.33. The monoisotopic (exact) mass is 490 g/mol. The quantitative estimate of drug-likeness (QED) is 0.473. The van der Waals surface area contributed by atoms with E-state index in [4.69, 9.17) is 5.14 Å². The smallest absolute Gasteiger partial charge is 0.299 e. The van der Waals surface area contributed by atoms with Crippen LogP contribution in [0, 0.1) is 6.92 Å². The predicted octanol–water partition coefficient (Wildman–Crippen LogP) is 4.65. The number of carbonyl (C=O) groups is 1. The molecule has 0 spiro atoms. The van der Waals surface area contributed by atoms with Crippen molar-refractivity contribution in [3.05, 3.63) is 88.6 Å². The Labute approximate surface area is 196 Å². The third kappa shape index (κ3) is 7.50. The highest BCUT2D eigenvalue weighted by Crippen LogP contribution is 2.32. The van der Waals surface area contributed by atoms with Crippen molar-refractivity contribution in [3.8, 4) is 11.3 Å². The van der Waals surface area contributed by atoms with E-state index < -0.39 is 21.9 Å². The van der Waals surface area contributed by atoms with Crippen molar-refractivity contribution in [1.82, 2.24) is 4.98 Å². The van der Waals surface area contributed by atoms with Crippen LogP contribution in [0.2, 0.25) is 0 Å². The van der Waals surface area contributed by atoms with Crippen molar-refractivity contribution in [2.75, 3.05) is 5.75 Å². The van der Waals surface area contributed by atoms with Gasteiger partial charge in [-0.2, -0.15) is 13.2 Å². The van der Waals surface area contributed by atoms with Gasteiger partial charge in [-0.15, -0.1) is 0 Å². The molecule has 2 N–H and O–H groups in total. The maximum Gasteiger partial charge on any atom is 0.433 e. The Balaban J connectivity index is 1.70. The molecule has 9 heteroatoms. The Kier molecular flexibility index (Phi) is 7.89. The SMILES string of the molecule is Cc1cccc(-c2nc(C(F)(F)F)ccc2CCC(=O)Cc2ccc(CCS(N)(=O)=O)cc2)c1. The number of carbonyl (C=O) groups excluding carboxylic acids is 1. The number of primary sulfonamides is 1. The molecule has 0 aliphatic rings. The summed E-state index contributed by atoms with van der Waals surface area (Å²) >= 11 is 0. The molecule has 0 radical (unpaired) electrons. The van der Waals surface area contributed by atoms with Gasteiger partial charge in [0.05, 0.1) is 11.4 Å². The highest BCUT2D eigenvalue weighted by atomic mass is 32.2. The first-order valence-electron chi connectivity index (χ1n) is 10.6.